The summed E-state index contributed by atoms with van der Waals surface area (Å²) in [6.07, 6.45) is -0.0522. The minimum absolute atomic E-state index is 0.0410. The number of sulfonamides is 1. The predicted molar refractivity (Wildman–Crippen MR) is 108 cm³/mol. The molecule has 1 heterocycles. The number of benzene rings is 2. The quantitative estimate of drug-likeness (QED) is 0.529. The summed E-state index contributed by atoms with van der Waals surface area (Å²) in [5.74, 6) is 0.317. The highest BCUT2D eigenvalue weighted by molar-refractivity contribution is 7.89. The smallest absolute Gasteiger partial charge is 0.315 e. The van der Waals surface area contributed by atoms with Gasteiger partial charge in [0, 0.05) is 13.1 Å². The molecule has 2 aromatic rings. The maximum atomic E-state index is 13.1. The number of aryl methyl sites for hydroxylation is 2. The van der Waals surface area contributed by atoms with Gasteiger partial charge in [0.2, 0.25) is 10.0 Å². The summed E-state index contributed by atoms with van der Waals surface area (Å²) in [5, 5.41) is 0. The third-order valence-electron chi connectivity index (χ3n) is 4.79. The first-order chi connectivity index (χ1) is 13.8. The molecule has 2 aromatic carbocycles. The van der Waals surface area contributed by atoms with Gasteiger partial charge in [-0.15, -0.1) is 0 Å². The van der Waals surface area contributed by atoms with Crippen molar-refractivity contribution in [1.82, 2.24) is 4.31 Å². The average Bonchev–Trinajstić information content (AvgIpc) is 2.71. The van der Waals surface area contributed by atoms with Crippen molar-refractivity contribution in [2.45, 2.75) is 25.2 Å². The molecule has 0 aromatic heterocycles. The summed E-state index contributed by atoms with van der Waals surface area (Å²) in [5.41, 5.74) is 2.27. The van der Waals surface area contributed by atoms with Crippen molar-refractivity contribution in [3.05, 3.63) is 53.1 Å². The topological polar surface area (TPSA) is 82.1 Å². The lowest BCUT2D eigenvalue weighted by Gasteiger charge is -2.26. The summed E-state index contributed by atoms with van der Waals surface area (Å²) in [6.45, 7) is 5.01. The van der Waals surface area contributed by atoms with Crippen molar-refractivity contribution in [1.29, 1.82) is 0 Å². The first kappa shape index (κ1) is 21.3. The highest BCUT2D eigenvalue weighted by Crippen LogP contribution is 2.29. The fourth-order valence-electron chi connectivity index (χ4n) is 3.24. The lowest BCUT2D eigenvalue weighted by atomic mass is 10.1. The van der Waals surface area contributed by atoms with Gasteiger partial charge in [-0.2, -0.15) is 4.31 Å². The largest absolute Gasteiger partial charge is 0.495 e. The number of para-hydroxylation sites is 1. The van der Waals surface area contributed by atoms with E-state index in [0.717, 1.165) is 11.1 Å². The zero-order valence-electron chi connectivity index (χ0n) is 16.8. The first-order valence-corrected chi connectivity index (χ1v) is 10.8. The number of nitrogens with zero attached hydrogens (tertiary/aromatic N) is 1. The maximum Gasteiger partial charge on any atom is 0.315 e. The fourth-order valence-corrected chi connectivity index (χ4v) is 4.85. The number of esters is 1. The Morgan fingerprint density at radius 2 is 1.76 bits per heavy atom. The molecule has 0 bridgehead atoms. The number of morpholine rings is 1. The van der Waals surface area contributed by atoms with E-state index in [1.807, 2.05) is 32.0 Å². The van der Waals surface area contributed by atoms with Gasteiger partial charge in [0.25, 0.3) is 0 Å². The van der Waals surface area contributed by atoms with Gasteiger partial charge in [0.1, 0.15) is 16.4 Å². The van der Waals surface area contributed by atoms with Crippen LogP contribution in [0, 0.1) is 13.8 Å². The predicted octanol–water partition coefficient (Wildman–Crippen LogP) is 2.48. The van der Waals surface area contributed by atoms with E-state index in [-0.39, 0.29) is 30.2 Å². The van der Waals surface area contributed by atoms with Crippen molar-refractivity contribution in [3.8, 4) is 11.5 Å². The van der Waals surface area contributed by atoms with Crippen LogP contribution in [-0.4, -0.2) is 52.1 Å². The molecule has 1 aliphatic rings. The molecule has 0 aliphatic carbocycles. The summed E-state index contributed by atoms with van der Waals surface area (Å²) < 4.78 is 43.5. The molecule has 0 radical (unpaired) electrons. The van der Waals surface area contributed by atoms with E-state index in [4.69, 9.17) is 14.2 Å². The molecule has 0 amide bonds. The van der Waals surface area contributed by atoms with Crippen LogP contribution in [0.15, 0.2) is 41.3 Å². The number of hydrogen-bond donors (Lipinski definition) is 0. The van der Waals surface area contributed by atoms with E-state index >= 15 is 0 Å². The van der Waals surface area contributed by atoms with Gasteiger partial charge < -0.3 is 14.2 Å². The van der Waals surface area contributed by atoms with E-state index in [1.54, 1.807) is 12.1 Å². The van der Waals surface area contributed by atoms with Gasteiger partial charge in [0.05, 0.1) is 26.7 Å². The Labute approximate surface area is 171 Å². The number of hydrogen-bond acceptors (Lipinski definition) is 6. The zero-order valence-corrected chi connectivity index (χ0v) is 17.6. The minimum Gasteiger partial charge on any atom is -0.495 e. The van der Waals surface area contributed by atoms with Crippen LogP contribution in [-0.2, 0) is 26.0 Å². The Morgan fingerprint density at radius 3 is 2.38 bits per heavy atom. The van der Waals surface area contributed by atoms with Gasteiger partial charge in [-0.25, -0.2) is 8.42 Å². The molecule has 0 saturated carbocycles. The minimum atomic E-state index is -3.76. The summed E-state index contributed by atoms with van der Waals surface area (Å²) in [7, 11) is -2.34. The van der Waals surface area contributed by atoms with Gasteiger partial charge in [-0.05, 0) is 42.7 Å². The zero-order chi connectivity index (χ0) is 21.0. The highest BCUT2D eigenvalue weighted by Gasteiger charge is 2.29. The van der Waals surface area contributed by atoms with Crippen LogP contribution in [0.2, 0.25) is 0 Å². The summed E-state index contributed by atoms with van der Waals surface area (Å²) in [4.78, 5) is 12.5. The van der Waals surface area contributed by atoms with E-state index in [9.17, 15) is 13.2 Å². The van der Waals surface area contributed by atoms with Gasteiger partial charge in [-0.3, -0.25) is 4.79 Å². The highest BCUT2D eigenvalue weighted by atomic mass is 32.2. The van der Waals surface area contributed by atoms with Crippen LogP contribution >= 0.6 is 0 Å². The second kappa shape index (κ2) is 8.94. The Balaban J connectivity index is 1.84. The number of carbonyl (C=O) groups excluding carboxylic acids is 1. The second-order valence-corrected chi connectivity index (χ2v) is 8.78. The number of carbonyl (C=O) groups is 1. The molecule has 1 fully saturated rings. The van der Waals surface area contributed by atoms with Crippen LogP contribution in [0.25, 0.3) is 0 Å². The molecular weight excluding hydrogens is 394 g/mol. The Kier molecular flexibility index (Phi) is 6.56. The van der Waals surface area contributed by atoms with Crippen LogP contribution in [0.5, 0.6) is 11.5 Å². The molecule has 29 heavy (non-hydrogen) atoms. The summed E-state index contributed by atoms with van der Waals surface area (Å²) in [6, 6.07) is 10.4. The first-order valence-electron chi connectivity index (χ1n) is 9.34. The van der Waals surface area contributed by atoms with Crippen LogP contribution in [0.1, 0.15) is 16.7 Å². The Hall–Kier alpha value is -2.42. The average molecular weight is 419 g/mol. The number of methoxy groups -OCH3 is 1. The third kappa shape index (κ3) is 4.77. The summed E-state index contributed by atoms with van der Waals surface area (Å²) >= 11 is 0. The van der Waals surface area contributed by atoms with Crippen molar-refractivity contribution in [2.75, 3.05) is 33.4 Å². The molecule has 0 atom stereocenters. The molecule has 8 heteroatoms. The lowest BCUT2D eigenvalue weighted by molar-refractivity contribution is -0.133. The van der Waals surface area contributed by atoms with E-state index in [1.165, 1.54) is 17.5 Å². The fraction of sp³-hybridized carbons (Fsp3) is 0.381. The van der Waals surface area contributed by atoms with Gasteiger partial charge in [-0.1, -0.05) is 24.3 Å². The molecule has 0 unspecified atom stereocenters. The molecule has 0 spiro atoms. The van der Waals surface area contributed by atoms with Gasteiger partial charge >= 0.3 is 5.97 Å². The normalized spacial score (nSPS) is 15.1. The molecular formula is C21H25NO6S. The maximum absolute atomic E-state index is 13.1. The number of rotatable bonds is 6. The van der Waals surface area contributed by atoms with Crippen molar-refractivity contribution >= 4 is 16.0 Å². The Morgan fingerprint density at radius 1 is 1.10 bits per heavy atom. The van der Waals surface area contributed by atoms with E-state index in [2.05, 4.69) is 0 Å². The monoisotopic (exact) mass is 419 g/mol. The SMILES string of the molecule is COc1ccc(CC(=O)Oc2c(C)cccc2C)cc1S(=O)(=O)N1CCOCC1. The third-order valence-corrected chi connectivity index (χ3v) is 6.71. The second-order valence-electron chi connectivity index (χ2n) is 6.87. The molecule has 1 aliphatic heterocycles. The van der Waals surface area contributed by atoms with Gasteiger partial charge in [0.15, 0.2) is 0 Å². The molecule has 1 saturated heterocycles. The van der Waals surface area contributed by atoms with E-state index < -0.39 is 16.0 Å². The molecule has 7 nitrogen and oxygen atoms in total. The van der Waals surface area contributed by atoms with Crippen molar-refractivity contribution < 1.29 is 27.4 Å². The molecule has 3 rings (SSSR count). The lowest BCUT2D eigenvalue weighted by Crippen LogP contribution is -2.40. The molecule has 156 valence electrons. The van der Waals surface area contributed by atoms with Crippen molar-refractivity contribution in [2.24, 2.45) is 0 Å². The Bertz CT molecular complexity index is 976. The molecule has 0 N–H and O–H groups in total. The number of ether oxygens (including phenoxy) is 3. The van der Waals surface area contributed by atoms with Crippen LogP contribution < -0.4 is 9.47 Å². The van der Waals surface area contributed by atoms with E-state index in [0.29, 0.717) is 24.5 Å². The van der Waals surface area contributed by atoms with Crippen LogP contribution in [0.3, 0.4) is 0 Å². The van der Waals surface area contributed by atoms with Crippen molar-refractivity contribution in [3.63, 3.8) is 0 Å². The van der Waals surface area contributed by atoms with Crippen LogP contribution in [0.4, 0.5) is 0 Å². The standard InChI is InChI=1S/C21H25NO6S/c1-15-5-4-6-16(2)21(15)28-20(23)14-17-7-8-18(26-3)19(13-17)29(24,25)22-9-11-27-12-10-22/h4-8,13H,9-12,14H2,1-3H3.